The molecule has 3 rings (SSSR count). The van der Waals surface area contributed by atoms with Gasteiger partial charge in [0.1, 0.15) is 5.82 Å². The molecule has 8 nitrogen and oxygen atoms in total. The van der Waals surface area contributed by atoms with Crippen molar-refractivity contribution in [3.05, 3.63) is 53.8 Å². The van der Waals surface area contributed by atoms with Crippen LogP contribution in [-0.2, 0) is 10.0 Å². The Kier molecular flexibility index (Phi) is 7.34. The van der Waals surface area contributed by atoms with Crippen LogP contribution in [-0.4, -0.2) is 71.3 Å². The van der Waals surface area contributed by atoms with E-state index in [1.54, 1.807) is 30.3 Å². The summed E-state index contributed by atoms with van der Waals surface area (Å²) in [5, 5.41) is 2.63. The Morgan fingerprint density at radius 1 is 1.03 bits per heavy atom. The molecule has 1 heterocycles. The molecule has 0 radical (unpaired) electrons. The van der Waals surface area contributed by atoms with Crippen molar-refractivity contribution in [3.8, 4) is 11.5 Å². The number of anilines is 1. The number of sulfonamides is 1. The molecule has 1 amide bonds. The Labute approximate surface area is 181 Å². The molecule has 168 valence electrons. The zero-order valence-electron chi connectivity index (χ0n) is 17.5. The number of nitrogens with one attached hydrogen (secondary N) is 1. The fourth-order valence-electron chi connectivity index (χ4n) is 3.46. The lowest BCUT2D eigenvalue weighted by Crippen LogP contribution is -2.50. The van der Waals surface area contributed by atoms with Gasteiger partial charge in [0.2, 0.25) is 10.0 Å². The van der Waals surface area contributed by atoms with E-state index in [0.29, 0.717) is 37.7 Å². The first kappa shape index (κ1) is 22.8. The smallest absolute Gasteiger partial charge is 0.255 e. The maximum absolute atomic E-state index is 13.1. The molecule has 1 N–H and O–H groups in total. The number of methoxy groups -OCH3 is 2. The molecule has 0 bridgehead atoms. The van der Waals surface area contributed by atoms with Gasteiger partial charge in [-0.1, -0.05) is 6.07 Å². The van der Waals surface area contributed by atoms with Crippen LogP contribution in [0.15, 0.2) is 42.5 Å². The van der Waals surface area contributed by atoms with Crippen molar-refractivity contribution in [2.24, 2.45) is 0 Å². The van der Waals surface area contributed by atoms with Crippen LogP contribution in [0.4, 0.5) is 10.1 Å². The Hall–Kier alpha value is -2.85. The molecule has 2 aromatic rings. The van der Waals surface area contributed by atoms with Crippen molar-refractivity contribution in [1.29, 1.82) is 0 Å². The number of carbonyl (C=O) groups excluding carboxylic acids is 1. The lowest BCUT2D eigenvalue weighted by Gasteiger charge is -2.35. The first-order valence-corrected chi connectivity index (χ1v) is 11.4. The van der Waals surface area contributed by atoms with Crippen LogP contribution in [0.5, 0.6) is 11.5 Å². The number of ether oxygens (including phenoxy) is 2. The van der Waals surface area contributed by atoms with E-state index in [-0.39, 0.29) is 23.7 Å². The SMILES string of the molecule is COc1cccc(C(=O)NCCS(=O)(=O)N2CCN(c3ccc(F)cc3)CC2)c1OC. The number of amides is 1. The van der Waals surface area contributed by atoms with E-state index >= 15 is 0 Å². The minimum Gasteiger partial charge on any atom is -0.493 e. The quantitative estimate of drug-likeness (QED) is 0.658. The van der Waals surface area contributed by atoms with Crippen LogP contribution in [0.1, 0.15) is 10.4 Å². The Bertz CT molecular complexity index is 1010. The molecule has 1 aliphatic heterocycles. The second-order valence-corrected chi connectivity index (χ2v) is 9.06. The highest BCUT2D eigenvalue weighted by molar-refractivity contribution is 7.89. The number of halogens is 1. The summed E-state index contributed by atoms with van der Waals surface area (Å²) in [6.07, 6.45) is 0. The van der Waals surface area contributed by atoms with Crippen molar-refractivity contribution in [2.75, 3.05) is 57.6 Å². The molecule has 0 aliphatic carbocycles. The third kappa shape index (κ3) is 5.45. The molecule has 0 aromatic heterocycles. The number of hydrogen-bond donors (Lipinski definition) is 1. The average Bonchev–Trinajstić information content (AvgIpc) is 2.78. The van der Waals surface area contributed by atoms with Gasteiger partial charge in [-0.05, 0) is 36.4 Å². The third-order valence-electron chi connectivity index (χ3n) is 5.12. The van der Waals surface area contributed by atoms with Crippen LogP contribution < -0.4 is 19.7 Å². The molecule has 1 aliphatic rings. The standard InChI is InChI=1S/C21H26FN3O5S/c1-29-19-5-3-4-18(20(19)30-2)21(26)23-10-15-31(27,28)25-13-11-24(12-14-25)17-8-6-16(22)7-9-17/h3-9H,10-15H2,1-2H3,(H,23,26). The van der Waals surface area contributed by atoms with Gasteiger partial charge in [0.25, 0.3) is 5.91 Å². The number of benzene rings is 2. The molecule has 0 unspecified atom stereocenters. The van der Waals surface area contributed by atoms with Crippen molar-refractivity contribution < 1.29 is 27.1 Å². The summed E-state index contributed by atoms with van der Waals surface area (Å²) in [6, 6.07) is 11.1. The van der Waals surface area contributed by atoms with Crippen molar-refractivity contribution in [3.63, 3.8) is 0 Å². The van der Waals surface area contributed by atoms with Crippen molar-refractivity contribution in [1.82, 2.24) is 9.62 Å². The van der Waals surface area contributed by atoms with E-state index in [9.17, 15) is 17.6 Å². The largest absolute Gasteiger partial charge is 0.493 e. The molecule has 2 aromatic carbocycles. The minimum atomic E-state index is -3.53. The van der Waals surface area contributed by atoms with Crippen molar-refractivity contribution in [2.45, 2.75) is 0 Å². The topological polar surface area (TPSA) is 88.2 Å². The van der Waals surface area contributed by atoms with Gasteiger partial charge in [0, 0.05) is 38.4 Å². The number of para-hydroxylation sites is 1. The maximum atomic E-state index is 13.1. The maximum Gasteiger partial charge on any atom is 0.255 e. The lowest BCUT2D eigenvalue weighted by molar-refractivity contribution is 0.0952. The van der Waals surface area contributed by atoms with Gasteiger partial charge in [-0.3, -0.25) is 4.79 Å². The van der Waals surface area contributed by atoms with E-state index in [1.165, 1.54) is 30.7 Å². The first-order valence-electron chi connectivity index (χ1n) is 9.83. The molecule has 10 heteroatoms. The van der Waals surface area contributed by atoms with E-state index in [1.807, 2.05) is 4.90 Å². The summed E-state index contributed by atoms with van der Waals surface area (Å²) in [7, 11) is -0.617. The highest BCUT2D eigenvalue weighted by atomic mass is 32.2. The Morgan fingerprint density at radius 3 is 2.32 bits per heavy atom. The predicted molar refractivity (Wildman–Crippen MR) is 116 cm³/mol. The summed E-state index contributed by atoms with van der Waals surface area (Å²) in [5.41, 5.74) is 1.13. The fourth-order valence-corrected chi connectivity index (χ4v) is 4.80. The van der Waals surface area contributed by atoms with Gasteiger partial charge in [-0.2, -0.15) is 4.31 Å². The van der Waals surface area contributed by atoms with E-state index < -0.39 is 15.9 Å². The number of nitrogens with zero attached hydrogens (tertiary/aromatic N) is 2. The molecule has 1 fully saturated rings. The molecule has 0 atom stereocenters. The highest BCUT2D eigenvalue weighted by Crippen LogP contribution is 2.30. The number of piperazine rings is 1. The number of carbonyl (C=O) groups is 1. The summed E-state index contributed by atoms with van der Waals surface area (Å²) < 4.78 is 50.3. The van der Waals surface area contributed by atoms with Crippen molar-refractivity contribution >= 4 is 21.6 Å². The van der Waals surface area contributed by atoms with Crippen LogP contribution in [0.25, 0.3) is 0 Å². The number of rotatable bonds is 8. The van der Waals surface area contributed by atoms with E-state index in [4.69, 9.17) is 9.47 Å². The monoisotopic (exact) mass is 451 g/mol. The Morgan fingerprint density at radius 2 is 1.71 bits per heavy atom. The predicted octanol–water partition coefficient (Wildman–Crippen LogP) is 1.72. The van der Waals surface area contributed by atoms with Crippen LogP contribution in [0.3, 0.4) is 0 Å². The summed E-state index contributed by atoms with van der Waals surface area (Å²) in [4.78, 5) is 14.5. The van der Waals surface area contributed by atoms with Gasteiger partial charge in [-0.25, -0.2) is 12.8 Å². The molecule has 0 saturated carbocycles. The third-order valence-corrected chi connectivity index (χ3v) is 6.99. The zero-order valence-corrected chi connectivity index (χ0v) is 18.3. The zero-order chi connectivity index (χ0) is 22.4. The summed E-state index contributed by atoms with van der Waals surface area (Å²) >= 11 is 0. The van der Waals surface area contributed by atoms with Crippen LogP contribution >= 0.6 is 0 Å². The molecule has 1 saturated heterocycles. The fraction of sp³-hybridized carbons (Fsp3) is 0.381. The van der Waals surface area contributed by atoms with Gasteiger partial charge in [-0.15, -0.1) is 0 Å². The van der Waals surface area contributed by atoms with E-state index in [2.05, 4.69) is 5.32 Å². The van der Waals surface area contributed by atoms with Gasteiger partial charge < -0.3 is 19.7 Å². The highest BCUT2D eigenvalue weighted by Gasteiger charge is 2.27. The molecular formula is C21H26FN3O5S. The first-order chi connectivity index (χ1) is 14.9. The van der Waals surface area contributed by atoms with Crippen LogP contribution in [0.2, 0.25) is 0 Å². The summed E-state index contributed by atoms with van der Waals surface area (Å²) in [5.74, 6) is -0.239. The second-order valence-electron chi connectivity index (χ2n) is 6.98. The normalized spacial score (nSPS) is 14.9. The number of hydrogen-bond acceptors (Lipinski definition) is 6. The van der Waals surface area contributed by atoms with Crippen LogP contribution in [0, 0.1) is 5.82 Å². The molecule has 0 spiro atoms. The average molecular weight is 452 g/mol. The molecule has 31 heavy (non-hydrogen) atoms. The minimum absolute atomic E-state index is 0.0281. The summed E-state index contributed by atoms with van der Waals surface area (Å²) in [6.45, 7) is 1.66. The molecular weight excluding hydrogens is 425 g/mol. The van der Waals surface area contributed by atoms with E-state index in [0.717, 1.165) is 5.69 Å². The van der Waals surface area contributed by atoms with Gasteiger partial charge in [0.15, 0.2) is 11.5 Å². The second kappa shape index (κ2) is 9.97. The van der Waals surface area contributed by atoms with Gasteiger partial charge >= 0.3 is 0 Å². The Balaban J connectivity index is 1.53. The van der Waals surface area contributed by atoms with Gasteiger partial charge in [0.05, 0.1) is 25.5 Å². The lowest BCUT2D eigenvalue weighted by atomic mass is 10.1.